The summed E-state index contributed by atoms with van der Waals surface area (Å²) < 4.78 is 12.7. The molecule has 1 aromatic carbocycles. The molecule has 2 nitrogen and oxygen atoms in total. The highest BCUT2D eigenvalue weighted by Gasteiger charge is 2.42. The van der Waals surface area contributed by atoms with E-state index in [-0.39, 0.29) is 12.2 Å². The van der Waals surface area contributed by atoms with Gasteiger partial charge in [-0.3, -0.25) is 0 Å². The van der Waals surface area contributed by atoms with Crippen molar-refractivity contribution in [2.45, 2.75) is 36.8 Å². The van der Waals surface area contributed by atoms with Gasteiger partial charge in [-0.25, -0.2) is 0 Å². The van der Waals surface area contributed by atoms with Crippen molar-refractivity contribution in [1.82, 2.24) is 0 Å². The van der Waals surface area contributed by atoms with E-state index < -0.39 is 0 Å². The lowest BCUT2D eigenvalue weighted by Gasteiger charge is -2.41. The summed E-state index contributed by atoms with van der Waals surface area (Å²) in [5.74, 6) is 0.709. The van der Waals surface area contributed by atoms with Crippen molar-refractivity contribution in [3.05, 3.63) is 27.7 Å². The summed E-state index contributed by atoms with van der Waals surface area (Å²) >= 11 is 13.1. The summed E-state index contributed by atoms with van der Waals surface area (Å²) in [7, 11) is 0. The van der Waals surface area contributed by atoms with Gasteiger partial charge in [0.25, 0.3) is 0 Å². The van der Waals surface area contributed by atoms with Gasteiger partial charge in [0.1, 0.15) is 18.0 Å². The molecule has 1 aliphatic carbocycles. The molecule has 0 aromatic heterocycles. The van der Waals surface area contributed by atoms with Gasteiger partial charge in [0, 0.05) is 22.3 Å². The van der Waals surface area contributed by atoms with Crippen LogP contribution in [0.4, 0.5) is 0 Å². The van der Waals surface area contributed by atoms with E-state index in [0.29, 0.717) is 15.6 Å². The summed E-state index contributed by atoms with van der Waals surface area (Å²) in [6, 6.07) is 5.61. The van der Waals surface area contributed by atoms with Crippen LogP contribution in [0.5, 0.6) is 5.75 Å². The second-order valence-electron chi connectivity index (χ2n) is 4.32. The topological polar surface area (TPSA) is 18.5 Å². The molecule has 5 heteroatoms. The molecule has 0 amide bonds. The number of benzene rings is 1. The zero-order valence-corrected chi connectivity index (χ0v) is 14.0. The lowest BCUT2D eigenvalue weighted by atomic mass is 9.91. The van der Waals surface area contributed by atoms with Crippen LogP contribution in [0.3, 0.4) is 0 Å². The highest BCUT2D eigenvalue weighted by atomic mass is 79.9. The van der Waals surface area contributed by atoms with Crippen LogP contribution in [0, 0.1) is 0 Å². The fourth-order valence-corrected chi connectivity index (χ4v) is 3.20. The van der Waals surface area contributed by atoms with E-state index in [0.717, 1.165) is 23.9 Å². The Morgan fingerprint density at radius 1 is 1.44 bits per heavy atom. The standard InChI is InChI=1S/C13H15Br2ClO2/c1-2-5-17-13-9(15)7-12(13)18-11-6-8(14)3-4-10(11)16/h3-4,6,9,12-13H,2,5,7H2,1H3. The quantitative estimate of drug-likeness (QED) is 0.663. The van der Waals surface area contributed by atoms with Gasteiger partial charge in [-0.15, -0.1) is 0 Å². The van der Waals surface area contributed by atoms with Crippen LogP contribution < -0.4 is 4.74 Å². The molecular weight excluding hydrogens is 383 g/mol. The molecule has 1 aromatic rings. The molecular formula is C13H15Br2ClO2. The molecule has 0 aliphatic heterocycles. The number of alkyl halides is 1. The maximum Gasteiger partial charge on any atom is 0.139 e. The van der Waals surface area contributed by atoms with Crippen LogP contribution in [-0.4, -0.2) is 23.6 Å². The van der Waals surface area contributed by atoms with Gasteiger partial charge >= 0.3 is 0 Å². The first-order valence-electron chi connectivity index (χ1n) is 5.99. The Hall–Kier alpha value is 0.230. The Bertz CT molecular complexity index is 414. The van der Waals surface area contributed by atoms with E-state index >= 15 is 0 Å². The number of hydrogen-bond donors (Lipinski definition) is 0. The first kappa shape index (κ1) is 14.6. The first-order chi connectivity index (χ1) is 8.61. The van der Waals surface area contributed by atoms with Gasteiger partial charge in [0.05, 0.1) is 5.02 Å². The minimum atomic E-state index is 0.0766. The minimum absolute atomic E-state index is 0.0766. The minimum Gasteiger partial charge on any atom is -0.486 e. The largest absolute Gasteiger partial charge is 0.486 e. The zero-order valence-electron chi connectivity index (χ0n) is 10.0. The van der Waals surface area contributed by atoms with Gasteiger partial charge < -0.3 is 9.47 Å². The van der Waals surface area contributed by atoms with E-state index in [2.05, 4.69) is 38.8 Å². The third kappa shape index (κ3) is 3.41. The summed E-state index contributed by atoms with van der Waals surface area (Å²) in [6.07, 6.45) is 2.14. The molecule has 3 atom stereocenters. The Labute approximate surface area is 129 Å². The Balaban J connectivity index is 1.98. The average molecular weight is 399 g/mol. The second-order valence-corrected chi connectivity index (χ2v) is 6.82. The molecule has 0 spiro atoms. The molecule has 0 heterocycles. The molecule has 1 aliphatic rings. The second kappa shape index (κ2) is 6.60. The normalized spacial score (nSPS) is 26.8. The van der Waals surface area contributed by atoms with Crippen molar-refractivity contribution < 1.29 is 9.47 Å². The van der Waals surface area contributed by atoms with Crippen molar-refractivity contribution in [1.29, 1.82) is 0 Å². The fraction of sp³-hybridized carbons (Fsp3) is 0.538. The predicted molar refractivity (Wildman–Crippen MR) is 80.9 cm³/mol. The van der Waals surface area contributed by atoms with E-state index in [4.69, 9.17) is 21.1 Å². The maximum absolute atomic E-state index is 6.11. The molecule has 2 rings (SSSR count). The van der Waals surface area contributed by atoms with E-state index in [9.17, 15) is 0 Å². The predicted octanol–water partition coefficient (Wildman–Crippen LogP) is 4.81. The fourth-order valence-electron chi connectivity index (χ4n) is 1.84. The van der Waals surface area contributed by atoms with Crippen LogP contribution in [0.2, 0.25) is 5.02 Å². The third-order valence-electron chi connectivity index (χ3n) is 2.87. The van der Waals surface area contributed by atoms with E-state index in [1.54, 1.807) is 0 Å². The van der Waals surface area contributed by atoms with Crippen LogP contribution in [0.15, 0.2) is 22.7 Å². The molecule has 0 N–H and O–H groups in total. The molecule has 3 unspecified atom stereocenters. The van der Waals surface area contributed by atoms with Gasteiger partial charge in [-0.1, -0.05) is 50.4 Å². The number of rotatable bonds is 5. The van der Waals surface area contributed by atoms with E-state index in [1.807, 2.05) is 18.2 Å². The summed E-state index contributed by atoms with van der Waals surface area (Å²) in [5, 5.41) is 0.630. The lowest BCUT2D eigenvalue weighted by molar-refractivity contribution is -0.0761. The molecule has 18 heavy (non-hydrogen) atoms. The smallest absolute Gasteiger partial charge is 0.139 e. The van der Waals surface area contributed by atoms with Crippen LogP contribution in [-0.2, 0) is 4.74 Å². The van der Waals surface area contributed by atoms with Crippen LogP contribution in [0.25, 0.3) is 0 Å². The molecule has 0 radical (unpaired) electrons. The van der Waals surface area contributed by atoms with Crippen molar-refractivity contribution in [3.8, 4) is 5.75 Å². The number of hydrogen-bond acceptors (Lipinski definition) is 2. The van der Waals surface area contributed by atoms with Gasteiger partial charge in [0.2, 0.25) is 0 Å². The third-order valence-corrected chi connectivity index (χ3v) is 4.57. The Morgan fingerprint density at radius 2 is 2.22 bits per heavy atom. The molecule has 0 saturated heterocycles. The van der Waals surface area contributed by atoms with Crippen molar-refractivity contribution in [3.63, 3.8) is 0 Å². The average Bonchev–Trinajstić information content (AvgIpc) is 2.33. The van der Waals surface area contributed by atoms with E-state index in [1.165, 1.54) is 0 Å². The monoisotopic (exact) mass is 396 g/mol. The van der Waals surface area contributed by atoms with Crippen LogP contribution >= 0.6 is 43.5 Å². The SMILES string of the molecule is CCCOC1C(Br)CC1Oc1cc(Br)ccc1Cl. The highest BCUT2D eigenvalue weighted by Crippen LogP contribution is 2.37. The van der Waals surface area contributed by atoms with Crippen molar-refractivity contribution in [2.75, 3.05) is 6.61 Å². The summed E-state index contributed by atoms with van der Waals surface area (Å²) in [5.41, 5.74) is 0. The highest BCUT2D eigenvalue weighted by molar-refractivity contribution is 9.10. The zero-order chi connectivity index (χ0) is 13.1. The number of ether oxygens (including phenoxy) is 2. The Morgan fingerprint density at radius 3 is 2.89 bits per heavy atom. The molecule has 1 fully saturated rings. The maximum atomic E-state index is 6.11. The number of halogens is 3. The van der Waals surface area contributed by atoms with Crippen molar-refractivity contribution in [2.24, 2.45) is 0 Å². The van der Waals surface area contributed by atoms with Gasteiger partial charge in [0.15, 0.2) is 0 Å². The lowest BCUT2D eigenvalue weighted by Crippen LogP contribution is -2.52. The molecule has 1 saturated carbocycles. The molecule has 100 valence electrons. The Kier molecular flexibility index (Phi) is 5.36. The van der Waals surface area contributed by atoms with Gasteiger partial charge in [-0.2, -0.15) is 0 Å². The molecule has 0 bridgehead atoms. The van der Waals surface area contributed by atoms with Gasteiger partial charge in [-0.05, 0) is 24.6 Å². The van der Waals surface area contributed by atoms with Crippen molar-refractivity contribution >= 4 is 43.5 Å². The van der Waals surface area contributed by atoms with Crippen LogP contribution in [0.1, 0.15) is 19.8 Å². The summed E-state index contributed by atoms with van der Waals surface area (Å²) in [4.78, 5) is 0.375. The summed E-state index contributed by atoms with van der Waals surface area (Å²) in [6.45, 7) is 2.86. The first-order valence-corrected chi connectivity index (χ1v) is 8.08.